The van der Waals surface area contributed by atoms with Gasteiger partial charge in [-0.2, -0.15) is 0 Å². The minimum absolute atomic E-state index is 0.0225. The second kappa shape index (κ2) is 17.1. The number of ketones is 2. The summed E-state index contributed by atoms with van der Waals surface area (Å²) in [5, 5.41) is 2.77. The predicted octanol–water partition coefficient (Wildman–Crippen LogP) is 15.7. The lowest BCUT2D eigenvalue weighted by molar-refractivity contribution is -0.113. The molecule has 2 aliphatic heterocycles. The SMILES string of the molecule is O=C1C=CC(=O)C(c2cccc3cccc(-c4cc(F)c(-c5cccc6cccc(-c7c8nc(c(-c9ccccc9)c9ccc(cc%10nc(c(-c%11ccccc%11)c%11ccc7[nH]%11)C=C%10)[nH]9)C=C8)c56)cc4F)c23)=C1. The van der Waals surface area contributed by atoms with Gasteiger partial charge < -0.3 is 9.97 Å². The van der Waals surface area contributed by atoms with Crippen LogP contribution < -0.4 is 0 Å². The third-order valence-corrected chi connectivity index (χ3v) is 13.7. The van der Waals surface area contributed by atoms with Crippen molar-refractivity contribution in [3.8, 4) is 55.6 Å². The molecule has 0 spiro atoms. The average molecular weight is 933 g/mol. The van der Waals surface area contributed by atoms with E-state index in [1.165, 1.54) is 30.4 Å². The summed E-state index contributed by atoms with van der Waals surface area (Å²) in [7, 11) is 0. The maximum Gasteiger partial charge on any atom is 0.186 e. The largest absolute Gasteiger partial charge is 0.355 e. The lowest BCUT2D eigenvalue weighted by Crippen LogP contribution is -2.07. The zero-order chi connectivity index (χ0) is 48.5. The molecule has 0 saturated heterocycles. The number of benzene rings is 7. The van der Waals surface area contributed by atoms with Gasteiger partial charge in [0.25, 0.3) is 0 Å². The summed E-state index contributed by atoms with van der Waals surface area (Å²) in [6.45, 7) is 0. The third kappa shape index (κ3) is 7.24. The summed E-state index contributed by atoms with van der Waals surface area (Å²) >= 11 is 0. The first-order chi connectivity index (χ1) is 35.3. The number of fused-ring (bicyclic) bond motifs is 10. The Hall–Kier alpha value is -9.66. The highest BCUT2D eigenvalue weighted by atomic mass is 19.1. The molecule has 72 heavy (non-hydrogen) atoms. The second-order valence-electron chi connectivity index (χ2n) is 18.0. The molecule has 0 fully saturated rings. The Kier molecular flexibility index (Phi) is 10.1. The molecule has 0 amide bonds. The monoisotopic (exact) mass is 932 g/mol. The first kappa shape index (κ1) is 42.4. The van der Waals surface area contributed by atoms with E-state index in [1.807, 2.05) is 121 Å². The summed E-state index contributed by atoms with van der Waals surface area (Å²) in [6.07, 6.45) is 11.9. The normalized spacial score (nSPS) is 13.1. The van der Waals surface area contributed by atoms with E-state index in [4.69, 9.17) is 9.97 Å². The van der Waals surface area contributed by atoms with Crippen LogP contribution in [0.5, 0.6) is 0 Å². The van der Waals surface area contributed by atoms with Crippen molar-refractivity contribution in [3.63, 3.8) is 0 Å². The Morgan fingerprint density at radius 3 is 1.51 bits per heavy atom. The van der Waals surface area contributed by atoms with Crippen molar-refractivity contribution in [3.05, 3.63) is 234 Å². The number of allylic oxidation sites excluding steroid dienone is 4. The van der Waals surface area contributed by atoms with E-state index in [1.54, 1.807) is 24.3 Å². The molecular formula is C64H38F2N4O2. The molecule has 0 unspecified atom stereocenters. The summed E-state index contributed by atoms with van der Waals surface area (Å²) in [4.78, 5) is 43.7. The van der Waals surface area contributed by atoms with Crippen molar-refractivity contribution in [2.24, 2.45) is 0 Å². The van der Waals surface area contributed by atoms with E-state index in [0.29, 0.717) is 38.5 Å². The smallest absolute Gasteiger partial charge is 0.186 e. The lowest BCUT2D eigenvalue weighted by Gasteiger charge is -2.17. The van der Waals surface area contributed by atoms with Gasteiger partial charge in [0.1, 0.15) is 11.6 Å². The molecule has 5 heterocycles. The van der Waals surface area contributed by atoms with E-state index in [0.717, 1.165) is 77.9 Å². The number of nitrogens with zero attached hydrogens (tertiary/aromatic N) is 2. The average Bonchev–Trinajstić information content (AvgIpc) is 4.27. The van der Waals surface area contributed by atoms with E-state index in [2.05, 4.69) is 52.4 Å². The van der Waals surface area contributed by atoms with Crippen molar-refractivity contribution in [2.45, 2.75) is 0 Å². The number of carbonyl (C=O) groups is 2. The van der Waals surface area contributed by atoms with Crippen LogP contribution in [0.15, 0.2) is 194 Å². The molecular weight excluding hydrogens is 895 g/mol. The third-order valence-electron chi connectivity index (χ3n) is 13.7. The first-order valence-electron chi connectivity index (χ1n) is 23.6. The van der Waals surface area contributed by atoms with Gasteiger partial charge in [0.05, 0.1) is 22.8 Å². The molecule has 7 aromatic carbocycles. The highest BCUT2D eigenvalue weighted by molar-refractivity contribution is 6.36. The van der Waals surface area contributed by atoms with Gasteiger partial charge in [0, 0.05) is 55.5 Å². The van der Waals surface area contributed by atoms with Gasteiger partial charge in [0.2, 0.25) is 0 Å². The maximum atomic E-state index is 17.4. The molecule has 3 aromatic heterocycles. The number of nitrogens with one attached hydrogen (secondary N) is 2. The van der Waals surface area contributed by atoms with Crippen molar-refractivity contribution >= 4 is 85.1 Å². The van der Waals surface area contributed by atoms with Crippen LogP contribution in [0.2, 0.25) is 0 Å². The molecule has 6 nitrogen and oxygen atoms in total. The number of aromatic nitrogens is 4. The highest BCUT2D eigenvalue weighted by Gasteiger charge is 2.24. The Balaban J connectivity index is 1.07. The molecule has 10 aromatic rings. The quantitative estimate of drug-likeness (QED) is 0.163. The van der Waals surface area contributed by atoms with Crippen LogP contribution in [-0.4, -0.2) is 31.5 Å². The summed E-state index contributed by atoms with van der Waals surface area (Å²) < 4.78 is 34.5. The Morgan fingerprint density at radius 1 is 0.389 bits per heavy atom. The van der Waals surface area contributed by atoms with Crippen LogP contribution in [0.25, 0.3) is 129 Å². The van der Waals surface area contributed by atoms with E-state index >= 15 is 8.78 Å². The number of hydrogen-bond donors (Lipinski definition) is 2. The standard InChI is InChI=1S/C64H38F2N4O2/c65-51-36-49(52(66)35-48(51)44-19-7-15-37-16-9-21-46(60(37)44)50-34-43(71)25-32-59(50)72)45-20-8-17-38-18-10-22-47(61(38)45)64-57-30-28-55(69-57)62(39-11-3-1-4-12-39)53-26-23-41(67-53)33-42-24-27-54(68-42)63(40-13-5-2-6-14-40)56-29-31-58(64)70-56/h1-36,67,70H. The van der Waals surface area contributed by atoms with E-state index < -0.39 is 11.6 Å². The zero-order valence-corrected chi connectivity index (χ0v) is 38.3. The van der Waals surface area contributed by atoms with Crippen LogP contribution in [0, 0.1) is 11.6 Å². The van der Waals surface area contributed by atoms with Crippen molar-refractivity contribution in [1.29, 1.82) is 0 Å². The summed E-state index contributed by atoms with van der Waals surface area (Å²) in [6, 6.07) is 55.4. The molecule has 3 aliphatic rings. The molecule has 8 heteroatoms. The molecule has 0 radical (unpaired) electrons. The van der Waals surface area contributed by atoms with Gasteiger partial charge in [-0.1, -0.05) is 133 Å². The molecule has 8 bridgehead atoms. The van der Waals surface area contributed by atoms with Gasteiger partial charge >= 0.3 is 0 Å². The van der Waals surface area contributed by atoms with Crippen LogP contribution in [0.4, 0.5) is 8.78 Å². The number of hydrogen-bond acceptors (Lipinski definition) is 4. The highest BCUT2D eigenvalue weighted by Crippen LogP contribution is 2.44. The molecule has 2 N–H and O–H groups in total. The molecule has 0 saturated carbocycles. The number of halogens is 2. The molecule has 13 rings (SSSR count). The fourth-order valence-electron chi connectivity index (χ4n) is 10.5. The van der Waals surface area contributed by atoms with E-state index in [9.17, 15) is 9.59 Å². The molecule has 340 valence electrons. The number of aromatic amines is 2. The topological polar surface area (TPSA) is 91.5 Å². The summed E-state index contributed by atoms with van der Waals surface area (Å²) in [5.74, 6) is -1.96. The van der Waals surface area contributed by atoms with Crippen molar-refractivity contribution in [1.82, 2.24) is 19.9 Å². The minimum atomic E-state index is -0.654. The lowest BCUT2D eigenvalue weighted by atomic mass is 9.87. The zero-order valence-electron chi connectivity index (χ0n) is 38.3. The van der Waals surface area contributed by atoms with Gasteiger partial charge in [-0.05, 0) is 140 Å². The van der Waals surface area contributed by atoms with Crippen LogP contribution in [0.1, 0.15) is 28.3 Å². The summed E-state index contributed by atoms with van der Waals surface area (Å²) in [5.41, 5.74) is 13.3. The van der Waals surface area contributed by atoms with Crippen LogP contribution in [0.3, 0.4) is 0 Å². The van der Waals surface area contributed by atoms with Crippen LogP contribution >= 0.6 is 0 Å². The van der Waals surface area contributed by atoms with Gasteiger partial charge in [0.15, 0.2) is 11.6 Å². The Labute approximate surface area is 411 Å². The number of H-pyrrole nitrogens is 2. The van der Waals surface area contributed by atoms with Gasteiger partial charge in [-0.25, -0.2) is 18.7 Å². The van der Waals surface area contributed by atoms with E-state index in [-0.39, 0.29) is 28.3 Å². The van der Waals surface area contributed by atoms with Crippen molar-refractivity contribution < 1.29 is 18.4 Å². The maximum absolute atomic E-state index is 17.4. The fraction of sp³-hybridized carbons (Fsp3) is 0. The van der Waals surface area contributed by atoms with Gasteiger partial charge in [-0.3, -0.25) is 9.59 Å². The first-order valence-corrected chi connectivity index (χ1v) is 23.6. The van der Waals surface area contributed by atoms with Crippen LogP contribution in [-0.2, 0) is 9.59 Å². The Bertz CT molecular complexity index is 4230. The van der Waals surface area contributed by atoms with Gasteiger partial charge in [-0.15, -0.1) is 0 Å². The fourth-order valence-corrected chi connectivity index (χ4v) is 10.5. The number of rotatable bonds is 6. The number of carbonyl (C=O) groups excluding carboxylic acids is 2. The predicted molar refractivity (Wildman–Crippen MR) is 288 cm³/mol. The van der Waals surface area contributed by atoms with Crippen molar-refractivity contribution in [2.75, 3.05) is 0 Å². The Morgan fingerprint density at radius 2 is 0.889 bits per heavy atom. The second-order valence-corrected chi connectivity index (χ2v) is 18.0. The molecule has 1 aliphatic carbocycles. The minimum Gasteiger partial charge on any atom is -0.355 e. The molecule has 0 atom stereocenters.